The first kappa shape index (κ1) is 31.2. The Hall–Kier alpha value is -4.71. The van der Waals surface area contributed by atoms with E-state index in [4.69, 9.17) is 10.5 Å². The van der Waals surface area contributed by atoms with Crippen LogP contribution in [0.3, 0.4) is 0 Å². The molecule has 0 aliphatic carbocycles. The fraction of sp³-hybridized carbons (Fsp3) is 0.290. The number of carboxylic acid groups (broad SMARTS) is 1. The van der Waals surface area contributed by atoms with E-state index in [0.717, 1.165) is 0 Å². The summed E-state index contributed by atoms with van der Waals surface area (Å²) >= 11 is 0. The molecule has 1 aliphatic rings. The number of carbonyl (C=O) groups is 4. The molecule has 0 radical (unpaired) electrons. The molecule has 11 nitrogen and oxygen atoms in total. The molecule has 0 aromatic heterocycles. The van der Waals surface area contributed by atoms with Crippen molar-refractivity contribution in [3.05, 3.63) is 89.5 Å². The van der Waals surface area contributed by atoms with Gasteiger partial charge in [-0.15, -0.1) is 0 Å². The molecule has 0 spiro atoms. The van der Waals surface area contributed by atoms with Gasteiger partial charge in [-0.1, -0.05) is 54.6 Å². The number of nitrogens with two attached hydrogens (primary N) is 1. The quantitative estimate of drug-likeness (QED) is 0.239. The third-order valence-corrected chi connectivity index (χ3v) is 9.21. The molecule has 3 aromatic rings. The normalized spacial score (nSPS) is 18.6. The van der Waals surface area contributed by atoms with E-state index in [9.17, 15) is 32.7 Å². The molecule has 43 heavy (non-hydrogen) atoms. The minimum atomic E-state index is -4.14. The Morgan fingerprint density at radius 3 is 2.16 bits per heavy atom. The molecule has 2 amide bonds. The first-order valence-electron chi connectivity index (χ1n) is 13.5. The molecule has 1 fully saturated rings. The van der Waals surface area contributed by atoms with Gasteiger partial charge < -0.3 is 30.6 Å². The van der Waals surface area contributed by atoms with Crippen LogP contribution in [0.1, 0.15) is 54.7 Å². The van der Waals surface area contributed by atoms with Crippen molar-refractivity contribution in [3.8, 4) is 0 Å². The third-order valence-electron chi connectivity index (χ3n) is 7.04. The fourth-order valence-corrected chi connectivity index (χ4v) is 7.36. The van der Waals surface area contributed by atoms with E-state index in [2.05, 4.69) is 5.32 Å². The number of carbonyl (C=O) groups excluding carboxylic acids is 3. The average molecular weight is 608 g/mol. The number of primary amides is 1. The smallest absolute Gasteiger partial charge is 0.337 e. The Morgan fingerprint density at radius 2 is 1.63 bits per heavy atom. The standard InChI is InChI=1S/C31H33N3O8S/c1-31(2,3)42-29(38)23-18-24(43(40,41)21-12-8-5-9-13-21)26(20-10-6-4-7-11-20)34(23)27-22(28(36)37)15-14-19(16-17-35)25(27)33-30(32)39/h4-15,17,23-24,26H,16,18H2,1-3H3,(H,36,37)(H3,32,33,39). The van der Waals surface area contributed by atoms with Crippen LogP contribution < -0.4 is 16.0 Å². The van der Waals surface area contributed by atoms with Gasteiger partial charge in [0.2, 0.25) is 0 Å². The molecule has 3 atom stereocenters. The van der Waals surface area contributed by atoms with Crippen LogP contribution in [0.5, 0.6) is 0 Å². The second-order valence-corrected chi connectivity index (χ2v) is 13.3. The number of nitrogens with zero attached hydrogens (tertiary/aromatic N) is 1. The van der Waals surface area contributed by atoms with Crippen LogP contribution >= 0.6 is 0 Å². The van der Waals surface area contributed by atoms with Crippen molar-refractivity contribution < 1.29 is 37.4 Å². The van der Waals surface area contributed by atoms with Gasteiger partial charge in [-0.05, 0) is 56.5 Å². The largest absolute Gasteiger partial charge is 0.478 e. The average Bonchev–Trinajstić information content (AvgIpc) is 3.35. The zero-order valence-corrected chi connectivity index (χ0v) is 24.7. The molecule has 1 saturated heterocycles. The van der Waals surface area contributed by atoms with Gasteiger partial charge in [0, 0.05) is 6.42 Å². The van der Waals surface area contributed by atoms with Crippen molar-refractivity contribution in [3.63, 3.8) is 0 Å². The lowest BCUT2D eigenvalue weighted by atomic mass is 9.99. The van der Waals surface area contributed by atoms with Crippen molar-refractivity contribution in [2.45, 2.75) is 61.4 Å². The summed E-state index contributed by atoms with van der Waals surface area (Å²) in [4.78, 5) is 51.7. The van der Waals surface area contributed by atoms with E-state index in [1.165, 1.54) is 29.2 Å². The number of esters is 1. The minimum Gasteiger partial charge on any atom is -0.478 e. The summed E-state index contributed by atoms with van der Waals surface area (Å²) in [5, 5.41) is 11.5. The Bertz CT molecular complexity index is 1640. The second kappa shape index (κ2) is 12.3. The highest BCUT2D eigenvalue weighted by Gasteiger charge is 2.53. The zero-order valence-electron chi connectivity index (χ0n) is 23.9. The van der Waals surface area contributed by atoms with E-state index in [1.54, 1.807) is 69.3 Å². The number of anilines is 2. The molecule has 3 aromatic carbocycles. The van der Waals surface area contributed by atoms with Gasteiger partial charge in [0.25, 0.3) is 0 Å². The number of ether oxygens (including phenoxy) is 1. The Kier molecular flexibility index (Phi) is 8.90. The number of aldehydes is 1. The first-order chi connectivity index (χ1) is 20.3. The fourth-order valence-electron chi connectivity index (χ4n) is 5.41. The summed E-state index contributed by atoms with van der Waals surface area (Å²) in [7, 11) is -4.14. The van der Waals surface area contributed by atoms with Crippen LogP contribution in [0.15, 0.2) is 77.7 Å². The molecule has 1 aliphatic heterocycles. The number of urea groups is 1. The predicted molar refractivity (Wildman–Crippen MR) is 160 cm³/mol. The zero-order chi connectivity index (χ0) is 31.5. The van der Waals surface area contributed by atoms with Crippen molar-refractivity contribution in [2.75, 3.05) is 10.2 Å². The topological polar surface area (TPSA) is 173 Å². The van der Waals surface area contributed by atoms with Crippen LogP contribution in [-0.2, 0) is 30.6 Å². The molecule has 4 N–H and O–H groups in total. The molecular formula is C31H33N3O8S. The van der Waals surface area contributed by atoms with Crippen LogP contribution in [0.25, 0.3) is 0 Å². The predicted octanol–water partition coefficient (Wildman–Crippen LogP) is 4.12. The van der Waals surface area contributed by atoms with Crippen molar-refractivity contribution in [2.24, 2.45) is 5.73 Å². The lowest BCUT2D eigenvalue weighted by molar-refractivity contribution is -0.156. The summed E-state index contributed by atoms with van der Waals surface area (Å²) in [5.74, 6) is -2.20. The maximum atomic E-state index is 14.3. The number of rotatable bonds is 9. The van der Waals surface area contributed by atoms with E-state index in [-0.39, 0.29) is 40.2 Å². The van der Waals surface area contributed by atoms with E-state index < -0.39 is 50.7 Å². The summed E-state index contributed by atoms with van der Waals surface area (Å²) < 4.78 is 34.3. The van der Waals surface area contributed by atoms with Gasteiger partial charge in [0.15, 0.2) is 9.84 Å². The van der Waals surface area contributed by atoms with Gasteiger partial charge in [0.05, 0.1) is 33.1 Å². The number of carboxylic acids is 1. The van der Waals surface area contributed by atoms with Crippen LogP contribution in [0.4, 0.5) is 16.2 Å². The summed E-state index contributed by atoms with van der Waals surface area (Å²) in [6.45, 7) is 4.97. The molecular weight excluding hydrogens is 574 g/mol. The van der Waals surface area contributed by atoms with Crippen molar-refractivity contribution in [1.82, 2.24) is 0 Å². The van der Waals surface area contributed by atoms with Crippen LogP contribution in [-0.4, -0.2) is 54.7 Å². The molecule has 3 unspecified atom stereocenters. The number of sulfone groups is 1. The van der Waals surface area contributed by atoms with E-state index >= 15 is 0 Å². The van der Waals surface area contributed by atoms with Crippen LogP contribution in [0, 0.1) is 0 Å². The summed E-state index contributed by atoms with van der Waals surface area (Å²) in [6.07, 6.45) is 0.0757. The maximum Gasteiger partial charge on any atom is 0.337 e. The number of amides is 2. The Labute approximate surface area is 249 Å². The third kappa shape index (κ3) is 6.54. The van der Waals surface area contributed by atoms with E-state index in [0.29, 0.717) is 11.8 Å². The molecule has 0 bridgehead atoms. The Balaban J connectivity index is 2.10. The van der Waals surface area contributed by atoms with Crippen LogP contribution in [0.2, 0.25) is 0 Å². The lowest BCUT2D eigenvalue weighted by Gasteiger charge is -2.36. The highest BCUT2D eigenvalue weighted by Crippen LogP contribution is 2.49. The number of nitrogens with one attached hydrogen (secondary N) is 1. The molecule has 0 saturated carbocycles. The monoisotopic (exact) mass is 607 g/mol. The lowest BCUT2D eigenvalue weighted by Crippen LogP contribution is -2.43. The number of hydrogen-bond acceptors (Lipinski definition) is 8. The van der Waals surface area contributed by atoms with Gasteiger partial charge in [-0.25, -0.2) is 22.8 Å². The molecule has 1 heterocycles. The highest BCUT2D eigenvalue weighted by molar-refractivity contribution is 7.92. The van der Waals surface area contributed by atoms with Crippen molar-refractivity contribution >= 4 is 45.5 Å². The molecule has 12 heteroatoms. The van der Waals surface area contributed by atoms with Gasteiger partial charge in [-0.3, -0.25) is 0 Å². The number of benzene rings is 3. The van der Waals surface area contributed by atoms with Gasteiger partial charge >= 0.3 is 18.0 Å². The summed E-state index contributed by atoms with van der Waals surface area (Å²) in [6, 6.07) is 15.4. The molecule has 4 rings (SSSR count). The SMILES string of the molecule is CC(C)(C)OC(=O)C1CC(S(=O)(=O)c2ccccc2)C(c2ccccc2)N1c1c(C(=O)O)ccc(CC=O)c1NC(N)=O. The van der Waals surface area contributed by atoms with Gasteiger partial charge in [-0.2, -0.15) is 0 Å². The Morgan fingerprint density at radius 1 is 1.02 bits per heavy atom. The number of aromatic carboxylic acids is 1. The first-order valence-corrected chi connectivity index (χ1v) is 15.0. The number of hydrogen-bond donors (Lipinski definition) is 3. The maximum absolute atomic E-state index is 14.3. The highest BCUT2D eigenvalue weighted by atomic mass is 32.2. The van der Waals surface area contributed by atoms with Crippen molar-refractivity contribution in [1.29, 1.82) is 0 Å². The minimum absolute atomic E-state index is 0.0226. The second-order valence-electron chi connectivity index (χ2n) is 11.1. The van der Waals surface area contributed by atoms with E-state index in [1.807, 2.05) is 0 Å². The summed E-state index contributed by atoms with van der Waals surface area (Å²) in [5.41, 5.74) is 4.59. The molecule has 226 valence electrons. The van der Waals surface area contributed by atoms with Gasteiger partial charge in [0.1, 0.15) is 17.9 Å².